The lowest BCUT2D eigenvalue weighted by Crippen LogP contribution is -2.07. The van der Waals surface area contributed by atoms with Crippen LogP contribution in [0.2, 0.25) is 0 Å². The molecule has 0 saturated heterocycles. The van der Waals surface area contributed by atoms with Crippen molar-refractivity contribution in [2.45, 2.75) is 20.3 Å². The summed E-state index contributed by atoms with van der Waals surface area (Å²) in [4.78, 5) is 20.6. The Balaban J connectivity index is 3.39. The SMILES string of the molecule is CCO[13C](=O)[13CH2][13C]([13CH3])=O. The number of esters is 1. The quantitative estimate of drug-likeness (QED) is 0.321. The van der Waals surface area contributed by atoms with Gasteiger partial charge in [-0.05, 0) is 13.8 Å². The molecule has 0 unspecified atom stereocenters. The van der Waals surface area contributed by atoms with Gasteiger partial charge < -0.3 is 4.74 Å². The normalized spacial score (nSPS) is 8.67. The number of carbonyl (C=O) groups excluding carboxylic acids is 2. The van der Waals surface area contributed by atoms with Crippen molar-refractivity contribution in [3.05, 3.63) is 0 Å². The molecule has 3 heteroatoms. The maximum atomic E-state index is 10.4. The van der Waals surface area contributed by atoms with Gasteiger partial charge in [0, 0.05) is 0 Å². The van der Waals surface area contributed by atoms with Crippen LogP contribution < -0.4 is 0 Å². The van der Waals surface area contributed by atoms with E-state index in [9.17, 15) is 9.59 Å². The highest BCUT2D eigenvalue weighted by atomic mass is 16.6. The molecule has 0 aliphatic carbocycles. The monoisotopic (exact) mass is 134 g/mol. The Morgan fingerprint density at radius 2 is 2.00 bits per heavy atom. The van der Waals surface area contributed by atoms with E-state index in [-0.39, 0.29) is 12.2 Å². The predicted octanol–water partition coefficient (Wildman–Crippen LogP) is 0.529. The van der Waals surface area contributed by atoms with E-state index >= 15 is 0 Å². The van der Waals surface area contributed by atoms with Crippen LogP contribution in [0, 0.1) is 0 Å². The summed E-state index contributed by atoms with van der Waals surface area (Å²) < 4.78 is 4.49. The topological polar surface area (TPSA) is 43.4 Å². The number of carbonyl (C=O) groups is 2. The highest BCUT2D eigenvalue weighted by Gasteiger charge is 2.03. The molecule has 3 nitrogen and oxygen atoms in total. The van der Waals surface area contributed by atoms with Crippen molar-refractivity contribution in [2.24, 2.45) is 0 Å². The molecule has 0 heterocycles. The second-order valence-electron chi connectivity index (χ2n) is 1.68. The third kappa shape index (κ3) is 5.00. The van der Waals surface area contributed by atoms with Crippen molar-refractivity contribution in [1.29, 1.82) is 0 Å². The van der Waals surface area contributed by atoms with Crippen LogP contribution in [0.15, 0.2) is 0 Å². The van der Waals surface area contributed by atoms with Crippen molar-refractivity contribution >= 4 is 11.8 Å². The van der Waals surface area contributed by atoms with Crippen LogP contribution in [0.25, 0.3) is 0 Å². The highest BCUT2D eigenvalue weighted by Crippen LogP contribution is 1.86. The summed E-state index contributed by atoms with van der Waals surface area (Å²) >= 11 is 0. The zero-order valence-corrected chi connectivity index (χ0v) is 5.64. The lowest BCUT2D eigenvalue weighted by atomic mass is 10.9. The van der Waals surface area contributed by atoms with Crippen molar-refractivity contribution in [3.63, 3.8) is 0 Å². The molecule has 0 aliphatic heterocycles. The van der Waals surface area contributed by atoms with E-state index in [0.717, 1.165) is 0 Å². The van der Waals surface area contributed by atoms with Gasteiger partial charge in [-0.3, -0.25) is 9.59 Å². The van der Waals surface area contributed by atoms with Crippen LogP contribution in [-0.4, -0.2) is 18.4 Å². The fourth-order valence-electron chi connectivity index (χ4n) is 0.415. The molecule has 0 atom stereocenters. The Morgan fingerprint density at radius 1 is 1.44 bits per heavy atom. The molecule has 0 bridgehead atoms. The maximum Gasteiger partial charge on any atom is 0.313 e. The minimum Gasteiger partial charge on any atom is -0.466 e. The molecule has 0 amide bonds. The molecule has 0 fully saturated rings. The first-order valence-electron chi connectivity index (χ1n) is 2.82. The molecule has 0 aromatic rings. The molecule has 0 saturated carbocycles. The number of Topliss-reactive ketones (excluding diaryl/α,β-unsaturated/α-hetero) is 1. The predicted molar refractivity (Wildman–Crippen MR) is 31.9 cm³/mol. The van der Waals surface area contributed by atoms with Gasteiger partial charge >= 0.3 is 5.97 Å². The molecule has 0 aliphatic rings. The molecule has 0 radical (unpaired) electrons. The van der Waals surface area contributed by atoms with Gasteiger partial charge in [-0.2, -0.15) is 0 Å². The van der Waals surface area contributed by atoms with Gasteiger partial charge in [0.25, 0.3) is 0 Å². The van der Waals surface area contributed by atoms with Crippen LogP contribution in [0.3, 0.4) is 0 Å². The maximum absolute atomic E-state index is 10.4. The average Bonchev–Trinajstić information content (AvgIpc) is 1.63. The summed E-state index contributed by atoms with van der Waals surface area (Å²) in [5, 5.41) is 0. The highest BCUT2D eigenvalue weighted by molar-refractivity contribution is 5.94. The van der Waals surface area contributed by atoms with Gasteiger partial charge in [0.1, 0.15) is 12.2 Å². The van der Waals surface area contributed by atoms with E-state index in [1.54, 1.807) is 6.92 Å². The molecular weight excluding hydrogens is 124 g/mol. The molecule has 0 aromatic heterocycles. The van der Waals surface area contributed by atoms with Crippen LogP contribution in [-0.2, 0) is 14.3 Å². The minimum absolute atomic E-state index is 0.103. The van der Waals surface area contributed by atoms with Crippen LogP contribution >= 0.6 is 0 Å². The second-order valence-corrected chi connectivity index (χ2v) is 1.68. The lowest BCUT2D eigenvalue weighted by molar-refractivity contribution is -0.145. The molecule has 0 rings (SSSR count). The summed E-state index contributed by atoms with van der Waals surface area (Å²) in [7, 11) is 0. The van der Waals surface area contributed by atoms with Crippen LogP contribution in [0.4, 0.5) is 0 Å². The first kappa shape index (κ1) is 8.14. The van der Waals surface area contributed by atoms with Crippen molar-refractivity contribution in [3.8, 4) is 0 Å². The van der Waals surface area contributed by atoms with Gasteiger partial charge in [-0.15, -0.1) is 0 Å². The summed E-state index contributed by atoms with van der Waals surface area (Å²) in [6, 6.07) is 0. The standard InChI is InChI=1S/C6H10O3/c1-3-9-6(8)4-5(2)7/h3-4H2,1-2H3/i2+1,4+1,5+1,6+1. The second kappa shape index (κ2) is 4.06. The van der Waals surface area contributed by atoms with E-state index in [2.05, 4.69) is 4.74 Å². The fourth-order valence-corrected chi connectivity index (χ4v) is 0.415. The molecule has 0 spiro atoms. The van der Waals surface area contributed by atoms with Crippen molar-refractivity contribution in [2.75, 3.05) is 6.61 Å². The van der Waals surface area contributed by atoms with E-state index in [4.69, 9.17) is 0 Å². The summed E-state index contributed by atoms with van der Waals surface area (Å²) in [6.07, 6.45) is -0.103. The van der Waals surface area contributed by atoms with Crippen molar-refractivity contribution < 1.29 is 14.3 Å². The Labute approximate surface area is 54.0 Å². The van der Waals surface area contributed by atoms with E-state index in [1.807, 2.05) is 0 Å². The largest absolute Gasteiger partial charge is 0.466 e. The number of rotatable bonds is 3. The third-order valence-electron chi connectivity index (χ3n) is 0.699. The zero-order valence-electron chi connectivity index (χ0n) is 5.64. The lowest BCUT2D eigenvalue weighted by Gasteiger charge is -1.96. The van der Waals surface area contributed by atoms with Gasteiger partial charge in [0.15, 0.2) is 0 Å². The van der Waals surface area contributed by atoms with Crippen molar-refractivity contribution in [1.82, 2.24) is 0 Å². The average molecular weight is 134 g/mol. The van der Waals surface area contributed by atoms with Gasteiger partial charge in [0.2, 0.25) is 0 Å². The summed E-state index contributed by atoms with van der Waals surface area (Å²) in [6.45, 7) is 3.40. The van der Waals surface area contributed by atoms with Gasteiger partial charge in [-0.25, -0.2) is 0 Å². The molecular formula is C6H10O3. The number of ether oxygens (including phenoxy) is 1. The first-order valence-corrected chi connectivity index (χ1v) is 2.82. The zero-order chi connectivity index (χ0) is 7.28. The van der Waals surface area contributed by atoms with Crippen LogP contribution in [0.1, 0.15) is 20.3 Å². The number of hydrogen-bond donors (Lipinski definition) is 0. The molecule has 9 heavy (non-hydrogen) atoms. The smallest absolute Gasteiger partial charge is 0.313 e. The minimum atomic E-state index is -0.440. The molecule has 0 N–H and O–H groups in total. The molecule has 0 aromatic carbocycles. The van der Waals surface area contributed by atoms with Gasteiger partial charge in [0.05, 0.1) is 6.61 Å². The Bertz CT molecular complexity index is 117. The summed E-state index contributed by atoms with van der Waals surface area (Å²) in [5.74, 6) is -0.599. The van der Waals surface area contributed by atoms with E-state index in [1.165, 1.54) is 6.92 Å². The number of ketones is 1. The Morgan fingerprint density at radius 3 is 2.33 bits per heavy atom. The Hall–Kier alpha value is -0.860. The molecule has 52 valence electrons. The fraction of sp³-hybridized carbons (Fsp3) is 0.667. The summed E-state index contributed by atoms with van der Waals surface area (Å²) in [5.41, 5.74) is 0. The third-order valence-corrected chi connectivity index (χ3v) is 0.699. The van der Waals surface area contributed by atoms with E-state index < -0.39 is 5.97 Å². The first-order chi connectivity index (χ1) is 4.16. The van der Waals surface area contributed by atoms with Crippen LogP contribution in [0.5, 0.6) is 0 Å². The van der Waals surface area contributed by atoms with Gasteiger partial charge in [-0.1, -0.05) is 0 Å². The number of hydrogen-bond acceptors (Lipinski definition) is 3. The van der Waals surface area contributed by atoms with E-state index in [0.29, 0.717) is 6.61 Å². The Kier molecular flexibility index (Phi) is 3.67.